The molecule has 0 saturated carbocycles. The quantitative estimate of drug-likeness (QED) is 0.925. The maximum absolute atomic E-state index is 12.5. The van der Waals surface area contributed by atoms with Crippen molar-refractivity contribution >= 4 is 17.2 Å². The van der Waals surface area contributed by atoms with Gasteiger partial charge in [0.25, 0.3) is 5.91 Å². The van der Waals surface area contributed by atoms with Gasteiger partial charge < -0.3 is 9.64 Å². The average molecular weight is 307 g/mol. The molecular formula is C13H17N5O2S. The van der Waals surface area contributed by atoms with Gasteiger partial charge in [-0.2, -0.15) is 5.10 Å². The molecule has 0 aliphatic carbocycles. The van der Waals surface area contributed by atoms with Gasteiger partial charge in [0, 0.05) is 13.0 Å². The number of H-pyrrole nitrogens is 1. The summed E-state index contributed by atoms with van der Waals surface area (Å²) >= 11 is 1.38. The summed E-state index contributed by atoms with van der Waals surface area (Å²) in [5.41, 5.74) is 2.47. The zero-order chi connectivity index (χ0) is 14.8. The van der Waals surface area contributed by atoms with Crippen molar-refractivity contribution < 1.29 is 9.53 Å². The second-order valence-electron chi connectivity index (χ2n) is 4.87. The monoisotopic (exact) mass is 307 g/mol. The third-order valence-electron chi connectivity index (χ3n) is 3.47. The van der Waals surface area contributed by atoms with E-state index in [1.54, 1.807) is 10.4 Å². The molecule has 3 heterocycles. The molecule has 1 unspecified atom stereocenters. The van der Waals surface area contributed by atoms with E-state index < -0.39 is 0 Å². The van der Waals surface area contributed by atoms with Crippen LogP contribution in [0.5, 0.6) is 0 Å². The van der Waals surface area contributed by atoms with Crippen LogP contribution in [0.1, 0.15) is 40.0 Å². The van der Waals surface area contributed by atoms with E-state index in [1.807, 2.05) is 13.8 Å². The third-order valence-corrected chi connectivity index (χ3v) is 4.38. The lowest BCUT2D eigenvalue weighted by Crippen LogP contribution is -2.42. The van der Waals surface area contributed by atoms with E-state index >= 15 is 0 Å². The van der Waals surface area contributed by atoms with Gasteiger partial charge in [-0.1, -0.05) is 6.92 Å². The van der Waals surface area contributed by atoms with Gasteiger partial charge in [0.15, 0.2) is 5.82 Å². The summed E-state index contributed by atoms with van der Waals surface area (Å²) in [5, 5.41) is 7.06. The highest BCUT2D eigenvalue weighted by Gasteiger charge is 2.29. The van der Waals surface area contributed by atoms with Crippen molar-refractivity contribution in [2.24, 2.45) is 0 Å². The number of hydrogen-bond acceptors (Lipinski definition) is 6. The first-order chi connectivity index (χ1) is 10.2. The van der Waals surface area contributed by atoms with Crippen molar-refractivity contribution in [3.63, 3.8) is 0 Å². The Kier molecular flexibility index (Phi) is 3.98. The number of carbonyl (C=O) groups excluding carboxylic acids is 1. The summed E-state index contributed by atoms with van der Waals surface area (Å²) in [6.07, 6.45) is 0.523. The Bertz CT molecular complexity index is 638. The fourth-order valence-electron chi connectivity index (χ4n) is 2.25. The fourth-order valence-corrected chi connectivity index (χ4v) is 3.02. The van der Waals surface area contributed by atoms with Crippen LogP contribution in [0.4, 0.5) is 0 Å². The lowest BCUT2D eigenvalue weighted by Gasteiger charge is -2.31. The smallest absolute Gasteiger partial charge is 0.266 e. The number of ether oxygens (including phenoxy) is 1. The lowest BCUT2D eigenvalue weighted by molar-refractivity contribution is -0.0265. The molecule has 1 amide bonds. The normalized spacial score (nSPS) is 19.0. The molecule has 21 heavy (non-hydrogen) atoms. The SMILES string of the molecule is CCc1nc(C2CN(C(=O)c3scnc3C)CCO2)n[nH]1. The number of rotatable bonds is 3. The van der Waals surface area contributed by atoms with E-state index in [0.29, 0.717) is 30.4 Å². The maximum Gasteiger partial charge on any atom is 0.266 e. The number of aromatic amines is 1. The van der Waals surface area contributed by atoms with Crippen LogP contribution < -0.4 is 0 Å². The van der Waals surface area contributed by atoms with Gasteiger partial charge in [-0.25, -0.2) is 9.97 Å². The molecule has 2 aromatic rings. The number of nitrogens with one attached hydrogen (secondary N) is 1. The van der Waals surface area contributed by atoms with Crippen LogP contribution >= 0.6 is 11.3 Å². The van der Waals surface area contributed by atoms with Crippen LogP contribution in [0.25, 0.3) is 0 Å². The van der Waals surface area contributed by atoms with Gasteiger partial charge in [0.2, 0.25) is 0 Å². The Labute approximate surface area is 126 Å². The van der Waals surface area contributed by atoms with Gasteiger partial charge >= 0.3 is 0 Å². The first kappa shape index (κ1) is 14.2. The van der Waals surface area contributed by atoms with Crippen molar-refractivity contribution in [1.29, 1.82) is 0 Å². The summed E-state index contributed by atoms with van der Waals surface area (Å²) in [5.74, 6) is 1.45. The number of aromatic nitrogens is 4. The highest BCUT2D eigenvalue weighted by Crippen LogP contribution is 2.22. The Hall–Kier alpha value is -1.80. The van der Waals surface area contributed by atoms with Crippen molar-refractivity contribution in [2.75, 3.05) is 19.7 Å². The van der Waals surface area contributed by atoms with Gasteiger partial charge in [-0.05, 0) is 6.92 Å². The predicted octanol–water partition coefficient (Wildman–Crippen LogP) is 1.35. The third kappa shape index (κ3) is 2.81. The number of hydrogen-bond donors (Lipinski definition) is 1. The molecule has 0 bridgehead atoms. The van der Waals surface area contributed by atoms with Gasteiger partial charge in [-0.15, -0.1) is 11.3 Å². The minimum atomic E-state index is -0.271. The van der Waals surface area contributed by atoms with E-state index in [0.717, 1.165) is 17.9 Å². The molecule has 7 nitrogen and oxygen atoms in total. The van der Waals surface area contributed by atoms with Crippen LogP contribution in [0.15, 0.2) is 5.51 Å². The van der Waals surface area contributed by atoms with Crippen LogP contribution in [0, 0.1) is 6.92 Å². The highest BCUT2D eigenvalue weighted by molar-refractivity contribution is 7.11. The van der Waals surface area contributed by atoms with E-state index in [4.69, 9.17) is 4.74 Å². The molecule has 2 aromatic heterocycles. The number of morpholine rings is 1. The molecule has 1 saturated heterocycles. The Morgan fingerprint density at radius 2 is 2.48 bits per heavy atom. The predicted molar refractivity (Wildman–Crippen MR) is 77.2 cm³/mol. The molecule has 3 rings (SSSR count). The molecule has 1 aliphatic rings. The Morgan fingerprint density at radius 1 is 1.62 bits per heavy atom. The van der Waals surface area contributed by atoms with Crippen molar-refractivity contribution in [2.45, 2.75) is 26.4 Å². The minimum Gasteiger partial charge on any atom is -0.366 e. The summed E-state index contributed by atoms with van der Waals surface area (Å²) in [4.78, 5) is 23.5. The maximum atomic E-state index is 12.5. The Balaban J connectivity index is 1.74. The lowest BCUT2D eigenvalue weighted by atomic mass is 10.2. The van der Waals surface area contributed by atoms with Gasteiger partial charge in [-0.3, -0.25) is 9.89 Å². The van der Waals surface area contributed by atoms with Gasteiger partial charge in [0.1, 0.15) is 16.8 Å². The summed E-state index contributed by atoms with van der Waals surface area (Å²) < 4.78 is 5.70. The number of nitrogens with zero attached hydrogens (tertiary/aromatic N) is 4. The van der Waals surface area contributed by atoms with Crippen molar-refractivity contribution in [1.82, 2.24) is 25.1 Å². The van der Waals surface area contributed by atoms with Crippen molar-refractivity contribution in [3.8, 4) is 0 Å². The first-order valence-electron chi connectivity index (χ1n) is 6.91. The summed E-state index contributed by atoms with van der Waals surface area (Å²) in [7, 11) is 0. The van der Waals surface area contributed by atoms with Crippen LogP contribution in [-0.4, -0.2) is 50.7 Å². The van der Waals surface area contributed by atoms with Crippen LogP contribution in [0.2, 0.25) is 0 Å². The molecule has 1 atom stereocenters. The molecule has 0 radical (unpaired) electrons. The highest BCUT2D eigenvalue weighted by atomic mass is 32.1. The number of carbonyl (C=O) groups is 1. The Morgan fingerprint density at radius 3 is 3.14 bits per heavy atom. The largest absolute Gasteiger partial charge is 0.366 e. The van der Waals surface area contributed by atoms with E-state index in [-0.39, 0.29) is 12.0 Å². The molecule has 1 N–H and O–H groups in total. The first-order valence-corrected chi connectivity index (χ1v) is 7.79. The molecule has 1 fully saturated rings. The van der Waals surface area contributed by atoms with E-state index in [2.05, 4.69) is 20.2 Å². The zero-order valence-electron chi connectivity index (χ0n) is 12.0. The zero-order valence-corrected chi connectivity index (χ0v) is 12.8. The topological polar surface area (TPSA) is 84.0 Å². The molecule has 0 spiro atoms. The van der Waals surface area contributed by atoms with E-state index in [1.165, 1.54) is 11.3 Å². The molecule has 1 aliphatic heterocycles. The molecular weight excluding hydrogens is 290 g/mol. The fraction of sp³-hybridized carbons (Fsp3) is 0.538. The van der Waals surface area contributed by atoms with Gasteiger partial charge in [0.05, 0.1) is 24.4 Å². The standard InChI is InChI=1S/C13H17N5O2S/c1-3-10-15-12(17-16-10)9-6-18(4-5-20-9)13(19)11-8(2)14-7-21-11/h7,9H,3-6H2,1-2H3,(H,15,16,17). The van der Waals surface area contributed by atoms with E-state index in [9.17, 15) is 4.79 Å². The second kappa shape index (κ2) is 5.90. The van der Waals surface area contributed by atoms with Crippen molar-refractivity contribution in [3.05, 3.63) is 27.7 Å². The summed E-state index contributed by atoms with van der Waals surface area (Å²) in [6.45, 7) is 5.40. The summed E-state index contributed by atoms with van der Waals surface area (Å²) in [6, 6.07) is 0. The molecule has 112 valence electrons. The number of amides is 1. The average Bonchev–Trinajstić information content (AvgIpc) is 3.15. The van der Waals surface area contributed by atoms with Crippen LogP contribution in [-0.2, 0) is 11.2 Å². The molecule has 8 heteroatoms. The minimum absolute atomic E-state index is 0.00884. The molecule has 0 aromatic carbocycles. The number of thiazole rings is 1. The van der Waals surface area contributed by atoms with Crippen LogP contribution in [0.3, 0.4) is 0 Å². The second-order valence-corrected chi connectivity index (χ2v) is 5.73. The number of aryl methyl sites for hydroxylation is 2.